The van der Waals surface area contributed by atoms with Gasteiger partial charge in [-0.2, -0.15) is 0 Å². The second kappa shape index (κ2) is 5.02. The van der Waals surface area contributed by atoms with Gasteiger partial charge >= 0.3 is 5.97 Å². The molecule has 0 radical (unpaired) electrons. The second-order valence-electron chi connectivity index (χ2n) is 4.16. The molecule has 18 heavy (non-hydrogen) atoms. The lowest BCUT2D eigenvalue weighted by atomic mass is 10.3. The number of carboxylic acid groups (broad SMARTS) is 1. The van der Waals surface area contributed by atoms with Crippen LogP contribution in [-0.2, 0) is 10.0 Å². The summed E-state index contributed by atoms with van der Waals surface area (Å²) >= 11 is 2.92. The van der Waals surface area contributed by atoms with Crippen molar-refractivity contribution in [3.8, 4) is 0 Å². The van der Waals surface area contributed by atoms with E-state index in [0.29, 0.717) is 0 Å². The quantitative estimate of drug-likeness (QED) is 0.875. The van der Waals surface area contributed by atoms with Crippen molar-refractivity contribution >= 4 is 31.9 Å². The van der Waals surface area contributed by atoms with Crippen LogP contribution in [0.4, 0.5) is 0 Å². The summed E-state index contributed by atoms with van der Waals surface area (Å²) in [6.45, 7) is 0. The van der Waals surface area contributed by atoms with Gasteiger partial charge in [-0.25, -0.2) is 17.9 Å². The molecule has 100 valence electrons. The Kier molecular flexibility index (Phi) is 3.79. The van der Waals surface area contributed by atoms with Gasteiger partial charge in [0.1, 0.15) is 4.90 Å². The Morgan fingerprint density at radius 3 is 2.56 bits per heavy atom. The van der Waals surface area contributed by atoms with Crippen molar-refractivity contribution in [2.75, 3.05) is 0 Å². The van der Waals surface area contributed by atoms with E-state index in [2.05, 4.69) is 20.7 Å². The minimum atomic E-state index is -3.74. The second-order valence-corrected chi connectivity index (χ2v) is 6.56. The van der Waals surface area contributed by atoms with Crippen LogP contribution in [0.3, 0.4) is 0 Å². The molecule has 1 aromatic rings. The third-order valence-corrected chi connectivity index (χ3v) is 5.21. The summed E-state index contributed by atoms with van der Waals surface area (Å²) in [6.07, 6.45) is 3.61. The molecule has 6 nitrogen and oxygen atoms in total. The molecule has 1 aromatic heterocycles. The van der Waals surface area contributed by atoms with Crippen LogP contribution in [0.2, 0.25) is 0 Å². The number of sulfonamides is 1. The van der Waals surface area contributed by atoms with Gasteiger partial charge in [-0.3, -0.25) is 0 Å². The van der Waals surface area contributed by atoms with Crippen LogP contribution in [0.25, 0.3) is 0 Å². The fraction of sp³-hybridized carbons (Fsp3) is 0.500. The van der Waals surface area contributed by atoms with Crippen molar-refractivity contribution < 1.29 is 22.7 Å². The van der Waals surface area contributed by atoms with E-state index in [1.165, 1.54) is 0 Å². The average molecular weight is 338 g/mol. The molecule has 0 amide bonds. The van der Waals surface area contributed by atoms with Crippen LogP contribution in [0.5, 0.6) is 0 Å². The highest BCUT2D eigenvalue weighted by atomic mass is 79.9. The van der Waals surface area contributed by atoms with E-state index in [1.54, 1.807) is 0 Å². The van der Waals surface area contributed by atoms with Gasteiger partial charge in [0.15, 0.2) is 4.67 Å². The largest absolute Gasteiger partial charge is 0.475 e. The monoisotopic (exact) mass is 337 g/mol. The van der Waals surface area contributed by atoms with Crippen LogP contribution in [-0.4, -0.2) is 25.5 Å². The van der Waals surface area contributed by atoms with E-state index >= 15 is 0 Å². The summed E-state index contributed by atoms with van der Waals surface area (Å²) in [6, 6.07) is 0.925. The standard InChI is InChI=1S/C10H12BrNO5S/c11-9-8(5-7(17-9)10(13)14)18(15,16)12-6-3-1-2-4-6/h5-6,12H,1-4H2,(H,13,14). The zero-order valence-electron chi connectivity index (χ0n) is 9.35. The van der Waals surface area contributed by atoms with E-state index in [4.69, 9.17) is 9.52 Å². The lowest BCUT2D eigenvalue weighted by molar-refractivity contribution is 0.0661. The number of aromatic carboxylic acids is 1. The molecule has 8 heteroatoms. The predicted octanol–water partition coefficient (Wildman–Crippen LogP) is 1.96. The number of carbonyl (C=O) groups is 1. The minimum absolute atomic E-state index is 0.0786. The topological polar surface area (TPSA) is 96.6 Å². The highest BCUT2D eigenvalue weighted by molar-refractivity contribution is 9.10. The van der Waals surface area contributed by atoms with Crippen molar-refractivity contribution in [1.29, 1.82) is 0 Å². The Bertz CT molecular complexity index is 559. The first-order valence-corrected chi connectivity index (χ1v) is 7.73. The van der Waals surface area contributed by atoms with Gasteiger partial charge in [0, 0.05) is 12.1 Å². The SMILES string of the molecule is O=C(O)c1cc(S(=O)(=O)NC2CCCC2)c(Br)o1. The number of carboxylic acids is 1. The molecule has 1 saturated carbocycles. The number of furan rings is 1. The Morgan fingerprint density at radius 2 is 2.06 bits per heavy atom. The van der Waals surface area contributed by atoms with Gasteiger partial charge in [0.05, 0.1) is 0 Å². The van der Waals surface area contributed by atoms with E-state index < -0.39 is 21.8 Å². The first-order valence-electron chi connectivity index (χ1n) is 5.45. The maximum Gasteiger partial charge on any atom is 0.371 e. The normalized spacial score (nSPS) is 17.2. The number of nitrogens with one attached hydrogen (secondary N) is 1. The fourth-order valence-corrected chi connectivity index (χ4v) is 4.21. The van der Waals surface area contributed by atoms with Crippen LogP contribution in [0.1, 0.15) is 36.2 Å². The number of hydrogen-bond donors (Lipinski definition) is 2. The number of hydrogen-bond acceptors (Lipinski definition) is 4. The summed E-state index contributed by atoms with van der Waals surface area (Å²) in [5.74, 6) is -1.72. The molecule has 1 heterocycles. The molecule has 0 unspecified atom stereocenters. The number of rotatable bonds is 4. The van der Waals surface area contributed by atoms with E-state index in [9.17, 15) is 13.2 Å². The third kappa shape index (κ3) is 2.76. The third-order valence-electron chi connectivity index (χ3n) is 2.83. The lowest BCUT2D eigenvalue weighted by Crippen LogP contribution is -2.32. The molecule has 1 aliphatic carbocycles. The molecule has 0 aliphatic heterocycles. The average Bonchev–Trinajstić information content (AvgIpc) is 2.86. The Hall–Kier alpha value is -0.860. The molecule has 0 spiro atoms. The predicted molar refractivity (Wildman–Crippen MR) is 65.9 cm³/mol. The van der Waals surface area contributed by atoms with Crippen molar-refractivity contribution in [2.45, 2.75) is 36.6 Å². The Labute approximate surface area is 113 Å². The highest BCUT2D eigenvalue weighted by Gasteiger charge is 2.28. The van der Waals surface area contributed by atoms with Gasteiger partial charge in [-0.05, 0) is 28.8 Å². The first kappa shape index (κ1) is 13.6. The maximum atomic E-state index is 12.1. The van der Waals surface area contributed by atoms with E-state index in [-0.39, 0.29) is 15.6 Å². The van der Waals surface area contributed by atoms with Crippen molar-refractivity contribution in [3.05, 3.63) is 16.5 Å². The Morgan fingerprint density at radius 1 is 1.44 bits per heavy atom. The fourth-order valence-electron chi connectivity index (χ4n) is 1.97. The highest BCUT2D eigenvalue weighted by Crippen LogP contribution is 2.27. The molecule has 0 saturated heterocycles. The van der Waals surface area contributed by atoms with Gasteiger partial charge < -0.3 is 9.52 Å². The molecule has 1 fully saturated rings. The molecule has 2 rings (SSSR count). The summed E-state index contributed by atoms with van der Waals surface area (Å²) in [4.78, 5) is 10.5. The van der Waals surface area contributed by atoms with Crippen molar-refractivity contribution in [1.82, 2.24) is 4.72 Å². The minimum Gasteiger partial charge on any atom is -0.475 e. The summed E-state index contributed by atoms with van der Waals surface area (Å²) in [7, 11) is -3.74. The van der Waals surface area contributed by atoms with Crippen LogP contribution in [0, 0.1) is 0 Å². The molecule has 0 aromatic carbocycles. The zero-order valence-corrected chi connectivity index (χ0v) is 11.8. The molecular weight excluding hydrogens is 326 g/mol. The summed E-state index contributed by atoms with van der Waals surface area (Å²) < 4.78 is 31.4. The smallest absolute Gasteiger partial charge is 0.371 e. The summed E-state index contributed by atoms with van der Waals surface area (Å²) in [5.41, 5.74) is 0. The molecule has 0 atom stereocenters. The van der Waals surface area contributed by atoms with E-state index in [0.717, 1.165) is 31.7 Å². The van der Waals surface area contributed by atoms with Gasteiger partial charge in [0.25, 0.3) is 0 Å². The zero-order chi connectivity index (χ0) is 13.3. The van der Waals surface area contributed by atoms with Gasteiger partial charge in [-0.15, -0.1) is 0 Å². The van der Waals surface area contributed by atoms with Crippen LogP contribution in [0.15, 0.2) is 20.0 Å². The maximum absolute atomic E-state index is 12.1. The van der Waals surface area contributed by atoms with Crippen LogP contribution < -0.4 is 4.72 Å². The molecule has 0 bridgehead atoms. The first-order chi connectivity index (χ1) is 8.40. The lowest BCUT2D eigenvalue weighted by Gasteiger charge is -2.11. The molecule has 2 N–H and O–H groups in total. The Balaban J connectivity index is 2.26. The molecule has 1 aliphatic rings. The van der Waals surface area contributed by atoms with Crippen molar-refractivity contribution in [2.24, 2.45) is 0 Å². The molecular formula is C10H12BrNO5S. The number of halogens is 1. The van der Waals surface area contributed by atoms with Crippen molar-refractivity contribution in [3.63, 3.8) is 0 Å². The summed E-state index contributed by atoms with van der Waals surface area (Å²) in [5, 5.41) is 8.74. The van der Waals surface area contributed by atoms with Crippen LogP contribution >= 0.6 is 15.9 Å². The van der Waals surface area contributed by atoms with Gasteiger partial charge in [0.2, 0.25) is 15.8 Å². The van der Waals surface area contributed by atoms with Gasteiger partial charge in [-0.1, -0.05) is 12.8 Å². The van der Waals surface area contributed by atoms with E-state index in [1.807, 2.05) is 0 Å².